The average Bonchev–Trinajstić information content (AvgIpc) is 2.97. The van der Waals surface area contributed by atoms with Crippen molar-refractivity contribution in [1.82, 2.24) is 14.9 Å². The summed E-state index contributed by atoms with van der Waals surface area (Å²) in [5.74, 6) is 0.293. The second-order valence-electron chi connectivity index (χ2n) is 9.03. The van der Waals surface area contributed by atoms with Gasteiger partial charge >= 0.3 is 0 Å². The third kappa shape index (κ3) is 6.93. The Morgan fingerprint density at radius 1 is 0.775 bits per heavy atom. The van der Waals surface area contributed by atoms with Gasteiger partial charge in [-0.25, -0.2) is 8.78 Å². The summed E-state index contributed by atoms with van der Waals surface area (Å²) in [6.45, 7) is 1.75. The van der Waals surface area contributed by atoms with Gasteiger partial charge in [0.1, 0.15) is 35.3 Å². The summed E-state index contributed by atoms with van der Waals surface area (Å²) in [6.07, 6.45) is 3.05. The maximum atomic E-state index is 14.2. The van der Waals surface area contributed by atoms with Crippen LogP contribution in [0.5, 0.6) is 5.75 Å². The molecule has 9 heteroatoms. The first-order valence-corrected chi connectivity index (χ1v) is 12.8. The number of pyridine rings is 2. The molecule has 40 heavy (non-hydrogen) atoms. The molecule has 0 unspecified atom stereocenters. The second kappa shape index (κ2) is 13.1. The van der Waals surface area contributed by atoms with Crippen LogP contribution in [-0.4, -0.2) is 41.2 Å². The van der Waals surface area contributed by atoms with E-state index in [-0.39, 0.29) is 29.9 Å². The average molecular weight is 544 g/mol. The molecule has 0 amide bonds. The molecule has 5 rings (SSSR count). The maximum Gasteiger partial charge on any atom is 0.193 e. The highest BCUT2D eigenvalue weighted by Crippen LogP contribution is 2.24. The molecule has 3 heterocycles. The Balaban J connectivity index is 1.11. The Hall–Kier alpha value is -4.47. The molecule has 0 bridgehead atoms. The molecule has 5 aromatic rings. The highest BCUT2D eigenvalue weighted by molar-refractivity contribution is 5.78. The summed E-state index contributed by atoms with van der Waals surface area (Å²) in [5, 5.41) is 0.544. The Labute approximate surface area is 229 Å². The second-order valence-corrected chi connectivity index (χ2v) is 9.03. The molecule has 2 aromatic carbocycles. The fourth-order valence-corrected chi connectivity index (χ4v) is 4.18. The predicted molar refractivity (Wildman–Crippen MR) is 147 cm³/mol. The molecule has 0 fully saturated rings. The van der Waals surface area contributed by atoms with Crippen molar-refractivity contribution in [3.05, 3.63) is 125 Å². The fraction of sp³-hybridized carbons (Fsp3) is 0.194. The van der Waals surface area contributed by atoms with Crippen LogP contribution in [0.25, 0.3) is 22.3 Å². The monoisotopic (exact) mass is 543 g/mol. The van der Waals surface area contributed by atoms with Crippen LogP contribution in [0.1, 0.15) is 11.4 Å². The van der Waals surface area contributed by atoms with Crippen LogP contribution in [0.4, 0.5) is 8.78 Å². The number of aromatic nitrogens is 2. The number of fused-ring (bicyclic) bond motifs is 1. The van der Waals surface area contributed by atoms with Gasteiger partial charge in [0, 0.05) is 43.7 Å². The zero-order valence-electron chi connectivity index (χ0n) is 21.6. The van der Waals surface area contributed by atoms with Crippen molar-refractivity contribution in [3.63, 3.8) is 0 Å². The number of rotatable bonds is 12. The van der Waals surface area contributed by atoms with Gasteiger partial charge in [-0.1, -0.05) is 12.1 Å². The normalized spacial score (nSPS) is 11.3. The van der Waals surface area contributed by atoms with Crippen molar-refractivity contribution in [1.29, 1.82) is 0 Å². The zero-order valence-corrected chi connectivity index (χ0v) is 21.6. The lowest BCUT2D eigenvalue weighted by molar-refractivity contribution is 0.0748. The van der Waals surface area contributed by atoms with Gasteiger partial charge < -0.3 is 13.9 Å². The number of ether oxygens (including phenoxy) is 2. The molecule has 0 radical (unpaired) electrons. The minimum absolute atomic E-state index is 0.0942. The molecular weight excluding hydrogens is 516 g/mol. The van der Waals surface area contributed by atoms with Gasteiger partial charge in [-0.15, -0.1) is 0 Å². The highest BCUT2D eigenvalue weighted by Gasteiger charge is 2.14. The first-order valence-electron chi connectivity index (χ1n) is 12.8. The van der Waals surface area contributed by atoms with Crippen molar-refractivity contribution in [2.24, 2.45) is 0 Å². The largest absolute Gasteiger partial charge is 0.491 e. The SMILES string of the molecule is O=c1cc(-c2ccc(OCCOCCN(Cc3ncccc3F)Cc3ncccc3F)cc2)oc2ccccc12. The van der Waals surface area contributed by atoms with Gasteiger partial charge in [0.25, 0.3) is 0 Å². The lowest BCUT2D eigenvalue weighted by Gasteiger charge is -2.22. The molecular formula is C31H27F2N3O4. The first kappa shape index (κ1) is 27.1. The van der Waals surface area contributed by atoms with Crippen molar-refractivity contribution >= 4 is 11.0 Å². The quantitative estimate of drug-likeness (QED) is 0.189. The van der Waals surface area contributed by atoms with Crippen LogP contribution < -0.4 is 10.2 Å². The molecule has 0 aliphatic rings. The molecule has 0 aliphatic carbocycles. The number of para-hydroxylation sites is 1. The van der Waals surface area contributed by atoms with Crippen LogP contribution in [0.2, 0.25) is 0 Å². The molecule has 0 saturated heterocycles. The van der Waals surface area contributed by atoms with Crippen LogP contribution in [0.3, 0.4) is 0 Å². The van der Waals surface area contributed by atoms with E-state index in [1.54, 1.807) is 30.3 Å². The zero-order chi connectivity index (χ0) is 27.7. The number of halogens is 2. The highest BCUT2D eigenvalue weighted by atomic mass is 19.1. The van der Waals surface area contributed by atoms with E-state index in [0.29, 0.717) is 48.8 Å². The topological polar surface area (TPSA) is 77.7 Å². The molecule has 0 N–H and O–H groups in total. The fourth-order valence-electron chi connectivity index (χ4n) is 4.18. The van der Waals surface area contributed by atoms with Crippen molar-refractivity contribution in [3.8, 4) is 17.1 Å². The number of nitrogens with zero attached hydrogens (tertiary/aromatic N) is 3. The van der Waals surface area contributed by atoms with Crippen LogP contribution in [0.15, 0.2) is 100 Å². The molecule has 7 nitrogen and oxygen atoms in total. The van der Waals surface area contributed by atoms with E-state index in [1.807, 2.05) is 23.1 Å². The number of hydrogen-bond acceptors (Lipinski definition) is 7. The smallest absolute Gasteiger partial charge is 0.193 e. The minimum Gasteiger partial charge on any atom is -0.491 e. The Morgan fingerprint density at radius 2 is 1.45 bits per heavy atom. The van der Waals surface area contributed by atoms with Crippen molar-refractivity contribution < 1.29 is 22.7 Å². The minimum atomic E-state index is -0.419. The first-order chi connectivity index (χ1) is 19.6. The van der Waals surface area contributed by atoms with E-state index in [4.69, 9.17) is 13.9 Å². The molecule has 3 aromatic heterocycles. The van der Waals surface area contributed by atoms with Gasteiger partial charge in [-0.2, -0.15) is 0 Å². The molecule has 0 spiro atoms. The summed E-state index contributed by atoms with van der Waals surface area (Å²) >= 11 is 0. The van der Waals surface area contributed by atoms with Gasteiger partial charge in [0.15, 0.2) is 5.43 Å². The maximum absolute atomic E-state index is 14.2. The molecule has 0 saturated carbocycles. The van der Waals surface area contributed by atoms with Gasteiger partial charge in [0.05, 0.1) is 30.0 Å². The van der Waals surface area contributed by atoms with E-state index in [9.17, 15) is 13.6 Å². The van der Waals surface area contributed by atoms with E-state index < -0.39 is 11.6 Å². The van der Waals surface area contributed by atoms with E-state index in [2.05, 4.69) is 9.97 Å². The van der Waals surface area contributed by atoms with Gasteiger partial charge in [-0.3, -0.25) is 19.7 Å². The van der Waals surface area contributed by atoms with Crippen molar-refractivity contribution in [2.75, 3.05) is 26.4 Å². The van der Waals surface area contributed by atoms with Crippen LogP contribution in [0, 0.1) is 11.6 Å². The third-order valence-corrected chi connectivity index (χ3v) is 6.24. The van der Waals surface area contributed by atoms with E-state index in [1.165, 1.54) is 42.7 Å². The Bertz CT molecular complexity index is 1580. The third-order valence-electron chi connectivity index (χ3n) is 6.24. The van der Waals surface area contributed by atoms with Crippen LogP contribution in [-0.2, 0) is 17.8 Å². The van der Waals surface area contributed by atoms with Gasteiger partial charge in [-0.05, 0) is 60.7 Å². The van der Waals surface area contributed by atoms with Gasteiger partial charge in [0.2, 0.25) is 0 Å². The molecule has 0 atom stereocenters. The number of benzene rings is 2. The Morgan fingerprint density at radius 3 is 2.12 bits per heavy atom. The van der Waals surface area contributed by atoms with E-state index in [0.717, 1.165) is 5.56 Å². The summed E-state index contributed by atoms with van der Waals surface area (Å²) < 4.78 is 45.7. The lowest BCUT2D eigenvalue weighted by Crippen LogP contribution is -2.29. The van der Waals surface area contributed by atoms with Crippen molar-refractivity contribution in [2.45, 2.75) is 13.1 Å². The predicted octanol–water partition coefficient (Wildman–Crippen LogP) is 5.63. The lowest BCUT2D eigenvalue weighted by atomic mass is 10.1. The number of hydrogen-bond donors (Lipinski definition) is 0. The molecule has 0 aliphatic heterocycles. The van der Waals surface area contributed by atoms with E-state index >= 15 is 0 Å². The Kier molecular flexibility index (Phi) is 8.85. The summed E-state index contributed by atoms with van der Waals surface area (Å²) in [7, 11) is 0. The standard InChI is InChI=1S/C31H27F2N3O4/c32-25-6-3-13-34-27(25)20-36(21-28-26(33)7-4-14-35-28)15-16-38-17-18-39-23-11-9-22(10-12-23)31-19-29(37)24-5-1-2-8-30(24)40-31/h1-14,19H,15-18,20-21H2. The summed E-state index contributed by atoms with van der Waals surface area (Å²) in [5.41, 5.74) is 1.75. The summed E-state index contributed by atoms with van der Waals surface area (Å²) in [4.78, 5) is 22.4. The molecule has 204 valence electrons. The van der Waals surface area contributed by atoms with Crippen LogP contribution >= 0.6 is 0 Å². The summed E-state index contributed by atoms with van der Waals surface area (Å²) in [6, 6.07) is 21.6.